The van der Waals surface area contributed by atoms with Gasteiger partial charge in [0, 0.05) is 23.9 Å². The lowest BCUT2D eigenvalue weighted by molar-refractivity contribution is -0.116. The standard InChI is InChI=1S/C18H19N3O3/c1-24-16-5-3-2-4-14(16)8-11-17(22)20-12-13-6-9-15(10-7-13)21-18(19)23/h2-11H,12H2,1H3,(H,20,22)(H3,19,21,23)/b11-8+. The summed E-state index contributed by atoms with van der Waals surface area (Å²) in [7, 11) is 1.59. The fourth-order valence-corrected chi connectivity index (χ4v) is 2.07. The molecule has 3 amide bonds. The van der Waals surface area contributed by atoms with E-state index >= 15 is 0 Å². The molecular formula is C18H19N3O3. The normalized spacial score (nSPS) is 10.4. The second kappa shape index (κ2) is 8.38. The Morgan fingerprint density at radius 3 is 2.50 bits per heavy atom. The predicted molar refractivity (Wildman–Crippen MR) is 93.5 cm³/mol. The summed E-state index contributed by atoms with van der Waals surface area (Å²) in [5.41, 5.74) is 7.38. The molecule has 2 aromatic carbocycles. The highest BCUT2D eigenvalue weighted by molar-refractivity contribution is 5.92. The van der Waals surface area contributed by atoms with Gasteiger partial charge in [0.25, 0.3) is 0 Å². The lowest BCUT2D eigenvalue weighted by Gasteiger charge is -2.06. The van der Waals surface area contributed by atoms with Crippen LogP contribution in [-0.4, -0.2) is 19.0 Å². The van der Waals surface area contributed by atoms with Gasteiger partial charge in [-0.3, -0.25) is 4.79 Å². The van der Waals surface area contributed by atoms with E-state index in [2.05, 4.69) is 10.6 Å². The Morgan fingerprint density at radius 1 is 1.12 bits per heavy atom. The Kier molecular flexibility index (Phi) is 5.96. The van der Waals surface area contributed by atoms with Crippen molar-refractivity contribution in [1.29, 1.82) is 0 Å². The van der Waals surface area contributed by atoms with Crippen molar-refractivity contribution in [2.24, 2.45) is 5.73 Å². The molecule has 4 N–H and O–H groups in total. The first kappa shape index (κ1) is 17.1. The number of carbonyl (C=O) groups excluding carboxylic acids is 2. The number of benzene rings is 2. The molecule has 6 nitrogen and oxygen atoms in total. The zero-order valence-corrected chi connectivity index (χ0v) is 13.3. The Balaban J connectivity index is 1.88. The summed E-state index contributed by atoms with van der Waals surface area (Å²) in [4.78, 5) is 22.6. The van der Waals surface area contributed by atoms with Crippen molar-refractivity contribution in [2.45, 2.75) is 6.54 Å². The Morgan fingerprint density at radius 2 is 1.83 bits per heavy atom. The Bertz CT molecular complexity index is 739. The maximum atomic E-state index is 11.9. The molecule has 0 unspecified atom stereocenters. The van der Waals surface area contributed by atoms with Crippen LogP contribution in [0.25, 0.3) is 6.08 Å². The van der Waals surface area contributed by atoms with Crippen molar-refractivity contribution in [3.05, 3.63) is 65.7 Å². The van der Waals surface area contributed by atoms with Crippen LogP contribution in [0.1, 0.15) is 11.1 Å². The van der Waals surface area contributed by atoms with Gasteiger partial charge < -0.3 is 21.1 Å². The lowest BCUT2D eigenvalue weighted by atomic mass is 10.2. The summed E-state index contributed by atoms with van der Waals surface area (Å²) in [6.07, 6.45) is 3.16. The highest BCUT2D eigenvalue weighted by Gasteiger charge is 2.01. The van der Waals surface area contributed by atoms with Crippen molar-refractivity contribution in [3.8, 4) is 5.75 Å². The fraction of sp³-hybridized carbons (Fsp3) is 0.111. The third kappa shape index (κ3) is 5.17. The topological polar surface area (TPSA) is 93.4 Å². The van der Waals surface area contributed by atoms with E-state index in [1.54, 1.807) is 37.5 Å². The number of anilines is 1. The van der Waals surface area contributed by atoms with Gasteiger partial charge in [0.05, 0.1) is 7.11 Å². The summed E-state index contributed by atoms with van der Waals surface area (Å²) in [6, 6.07) is 13.9. The summed E-state index contributed by atoms with van der Waals surface area (Å²) >= 11 is 0. The molecule has 0 aliphatic rings. The largest absolute Gasteiger partial charge is 0.496 e. The number of rotatable bonds is 6. The molecule has 2 aromatic rings. The van der Waals surface area contributed by atoms with Gasteiger partial charge >= 0.3 is 6.03 Å². The summed E-state index contributed by atoms with van der Waals surface area (Å²) in [6.45, 7) is 0.381. The molecule has 2 rings (SSSR count). The van der Waals surface area contributed by atoms with Crippen molar-refractivity contribution in [1.82, 2.24) is 5.32 Å². The van der Waals surface area contributed by atoms with Crippen molar-refractivity contribution >= 4 is 23.7 Å². The van der Waals surface area contributed by atoms with Crippen LogP contribution in [0.4, 0.5) is 10.5 Å². The zero-order valence-electron chi connectivity index (χ0n) is 13.3. The average Bonchev–Trinajstić information content (AvgIpc) is 2.59. The van der Waals surface area contributed by atoms with E-state index < -0.39 is 6.03 Å². The molecule has 0 atom stereocenters. The highest BCUT2D eigenvalue weighted by atomic mass is 16.5. The van der Waals surface area contributed by atoms with Gasteiger partial charge in [-0.05, 0) is 29.8 Å². The first-order chi connectivity index (χ1) is 11.6. The summed E-state index contributed by atoms with van der Waals surface area (Å²) in [5.74, 6) is 0.499. The summed E-state index contributed by atoms with van der Waals surface area (Å²) in [5, 5.41) is 5.26. The molecule has 0 aromatic heterocycles. The highest BCUT2D eigenvalue weighted by Crippen LogP contribution is 2.18. The molecule has 0 aliphatic heterocycles. The molecule has 0 saturated carbocycles. The van der Waals surface area contributed by atoms with Gasteiger partial charge in [-0.25, -0.2) is 4.79 Å². The lowest BCUT2D eigenvalue weighted by Crippen LogP contribution is -2.20. The molecule has 0 spiro atoms. The van der Waals surface area contributed by atoms with Crippen LogP contribution in [0.2, 0.25) is 0 Å². The zero-order chi connectivity index (χ0) is 17.4. The SMILES string of the molecule is COc1ccccc1/C=C/C(=O)NCc1ccc(NC(N)=O)cc1. The van der Waals surface area contributed by atoms with Gasteiger partial charge in [-0.15, -0.1) is 0 Å². The number of methoxy groups -OCH3 is 1. The first-order valence-electron chi connectivity index (χ1n) is 7.33. The van der Waals surface area contributed by atoms with E-state index in [1.165, 1.54) is 6.08 Å². The van der Waals surface area contributed by atoms with E-state index in [9.17, 15) is 9.59 Å². The van der Waals surface area contributed by atoms with Gasteiger partial charge in [-0.2, -0.15) is 0 Å². The Hall–Kier alpha value is -3.28. The van der Waals surface area contributed by atoms with Crippen LogP contribution in [0.3, 0.4) is 0 Å². The quantitative estimate of drug-likeness (QED) is 0.712. The number of primary amides is 1. The predicted octanol–water partition coefficient (Wildman–Crippen LogP) is 2.52. The number of para-hydroxylation sites is 1. The second-order valence-corrected chi connectivity index (χ2v) is 4.98. The van der Waals surface area contributed by atoms with Crippen molar-refractivity contribution in [3.63, 3.8) is 0 Å². The second-order valence-electron chi connectivity index (χ2n) is 4.98. The van der Waals surface area contributed by atoms with Crippen LogP contribution < -0.4 is 21.1 Å². The molecule has 0 radical (unpaired) electrons. The van der Waals surface area contributed by atoms with E-state index in [0.717, 1.165) is 11.1 Å². The van der Waals surface area contributed by atoms with E-state index in [4.69, 9.17) is 10.5 Å². The molecule has 0 aliphatic carbocycles. The van der Waals surface area contributed by atoms with Crippen LogP contribution in [0.5, 0.6) is 5.75 Å². The van der Waals surface area contributed by atoms with E-state index in [0.29, 0.717) is 18.0 Å². The van der Waals surface area contributed by atoms with Crippen molar-refractivity contribution in [2.75, 3.05) is 12.4 Å². The number of ether oxygens (including phenoxy) is 1. The number of urea groups is 1. The third-order valence-corrected chi connectivity index (χ3v) is 3.24. The number of amides is 3. The van der Waals surface area contributed by atoms with Gasteiger partial charge in [0.2, 0.25) is 5.91 Å². The molecule has 0 fully saturated rings. The maximum absolute atomic E-state index is 11.9. The minimum absolute atomic E-state index is 0.208. The van der Waals surface area contributed by atoms with Gasteiger partial charge in [0.1, 0.15) is 5.75 Å². The van der Waals surface area contributed by atoms with Crippen LogP contribution in [0, 0.1) is 0 Å². The van der Waals surface area contributed by atoms with Crippen LogP contribution in [-0.2, 0) is 11.3 Å². The van der Waals surface area contributed by atoms with E-state index in [1.807, 2.05) is 24.3 Å². The van der Waals surface area contributed by atoms with Crippen LogP contribution >= 0.6 is 0 Å². The minimum atomic E-state index is -0.613. The smallest absolute Gasteiger partial charge is 0.316 e. The van der Waals surface area contributed by atoms with Gasteiger partial charge in [0.15, 0.2) is 0 Å². The molecular weight excluding hydrogens is 306 g/mol. The molecule has 24 heavy (non-hydrogen) atoms. The molecule has 0 heterocycles. The van der Waals surface area contributed by atoms with Crippen molar-refractivity contribution < 1.29 is 14.3 Å². The number of carbonyl (C=O) groups is 2. The number of hydrogen-bond acceptors (Lipinski definition) is 3. The van der Waals surface area contributed by atoms with Gasteiger partial charge in [-0.1, -0.05) is 30.3 Å². The minimum Gasteiger partial charge on any atom is -0.496 e. The first-order valence-corrected chi connectivity index (χ1v) is 7.33. The molecule has 0 saturated heterocycles. The number of nitrogens with two attached hydrogens (primary N) is 1. The Labute approximate surface area is 140 Å². The molecule has 124 valence electrons. The third-order valence-electron chi connectivity index (χ3n) is 3.24. The molecule has 6 heteroatoms. The number of hydrogen-bond donors (Lipinski definition) is 3. The average molecular weight is 325 g/mol. The number of nitrogens with one attached hydrogen (secondary N) is 2. The maximum Gasteiger partial charge on any atom is 0.316 e. The molecule has 0 bridgehead atoms. The van der Waals surface area contributed by atoms with E-state index in [-0.39, 0.29) is 5.91 Å². The summed E-state index contributed by atoms with van der Waals surface area (Å²) < 4.78 is 5.22. The monoisotopic (exact) mass is 325 g/mol. The van der Waals surface area contributed by atoms with Crippen LogP contribution in [0.15, 0.2) is 54.6 Å². The fourth-order valence-electron chi connectivity index (χ4n) is 2.07.